The molecule has 0 radical (unpaired) electrons. The summed E-state index contributed by atoms with van der Waals surface area (Å²) in [6.07, 6.45) is -2.96. The summed E-state index contributed by atoms with van der Waals surface area (Å²) in [6.45, 7) is 0.479. The molecule has 0 saturated heterocycles. The Labute approximate surface area is 88.9 Å². The smallest absolute Gasteiger partial charge is 0.351 e. The molecule has 0 spiro atoms. The number of nitrogens with zero attached hydrogens (tertiary/aromatic N) is 2. The molecule has 16 heavy (non-hydrogen) atoms. The van der Waals surface area contributed by atoms with Crippen LogP contribution in [-0.2, 0) is 6.18 Å². The van der Waals surface area contributed by atoms with Crippen LogP contribution in [0.5, 0.6) is 0 Å². The number of aromatic nitrogens is 2. The first-order valence-electron chi connectivity index (χ1n) is 4.32. The summed E-state index contributed by atoms with van der Waals surface area (Å²) in [4.78, 5) is 17.3. The summed E-state index contributed by atoms with van der Waals surface area (Å²) in [5.41, 5.74) is 5.10. The summed E-state index contributed by atoms with van der Waals surface area (Å²) >= 11 is 0. The van der Waals surface area contributed by atoms with Crippen LogP contribution >= 0.6 is 0 Å². The molecule has 3 N–H and O–H groups in total. The Balaban J connectivity index is 2.75. The fourth-order valence-electron chi connectivity index (χ4n) is 0.879. The van der Waals surface area contributed by atoms with E-state index in [1.807, 2.05) is 0 Å². The van der Waals surface area contributed by atoms with Gasteiger partial charge in [0, 0.05) is 25.5 Å². The lowest BCUT2D eigenvalue weighted by Crippen LogP contribution is -2.29. The van der Waals surface area contributed by atoms with Gasteiger partial charge in [-0.25, -0.2) is 9.97 Å². The molecule has 1 aromatic heterocycles. The minimum atomic E-state index is -4.60. The molecule has 8 heteroatoms. The van der Waals surface area contributed by atoms with Crippen LogP contribution in [0.4, 0.5) is 13.2 Å². The van der Waals surface area contributed by atoms with Gasteiger partial charge in [-0.15, -0.1) is 0 Å². The average molecular weight is 234 g/mol. The van der Waals surface area contributed by atoms with E-state index in [1.165, 1.54) is 0 Å². The Morgan fingerprint density at radius 1 is 1.38 bits per heavy atom. The van der Waals surface area contributed by atoms with E-state index in [4.69, 9.17) is 5.73 Å². The molecule has 0 aliphatic heterocycles. The topological polar surface area (TPSA) is 80.9 Å². The van der Waals surface area contributed by atoms with Crippen LogP contribution in [0.15, 0.2) is 12.4 Å². The third-order valence-electron chi connectivity index (χ3n) is 1.60. The van der Waals surface area contributed by atoms with Crippen LogP contribution in [0, 0.1) is 0 Å². The molecule has 0 aliphatic carbocycles. The number of nitrogens with one attached hydrogen (secondary N) is 1. The minimum Gasteiger partial charge on any atom is -0.351 e. The number of nitrogens with two attached hydrogens (primary N) is 1. The maximum absolute atomic E-state index is 12.1. The molecule has 1 rings (SSSR count). The predicted octanol–water partition coefficient (Wildman–Crippen LogP) is 0.184. The maximum atomic E-state index is 12.1. The number of halogens is 3. The molecule has 0 aliphatic rings. The van der Waals surface area contributed by atoms with Crippen molar-refractivity contribution in [1.82, 2.24) is 15.3 Å². The SMILES string of the molecule is NCCNC(=O)c1cnc(C(F)(F)F)nc1. The number of hydrogen-bond acceptors (Lipinski definition) is 4. The molecule has 0 fully saturated rings. The minimum absolute atomic E-state index is 0.0403. The molecule has 1 amide bonds. The zero-order chi connectivity index (χ0) is 12.2. The molecule has 0 aromatic carbocycles. The van der Waals surface area contributed by atoms with Gasteiger partial charge in [0.15, 0.2) is 0 Å². The first kappa shape index (κ1) is 12.4. The van der Waals surface area contributed by atoms with E-state index < -0.39 is 17.9 Å². The molecule has 88 valence electrons. The molecule has 0 bridgehead atoms. The number of carbonyl (C=O) groups excluding carboxylic acids is 1. The second-order valence-corrected chi connectivity index (χ2v) is 2.84. The average Bonchev–Trinajstić information content (AvgIpc) is 2.25. The highest BCUT2D eigenvalue weighted by atomic mass is 19.4. The third-order valence-corrected chi connectivity index (χ3v) is 1.60. The number of carbonyl (C=O) groups is 1. The van der Waals surface area contributed by atoms with Crippen molar-refractivity contribution >= 4 is 5.91 Å². The second-order valence-electron chi connectivity index (χ2n) is 2.84. The van der Waals surface area contributed by atoms with Crippen molar-refractivity contribution in [2.45, 2.75) is 6.18 Å². The quantitative estimate of drug-likeness (QED) is 0.781. The maximum Gasteiger partial charge on any atom is 0.451 e. The van der Waals surface area contributed by atoms with Crippen LogP contribution in [0.2, 0.25) is 0 Å². The van der Waals surface area contributed by atoms with Crippen molar-refractivity contribution in [1.29, 1.82) is 0 Å². The van der Waals surface area contributed by atoms with Gasteiger partial charge in [-0.1, -0.05) is 0 Å². The van der Waals surface area contributed by atoms with E-state index in [-0.39, 0.29) is 18.7 Å². The number of alkyl halides is 3. The molecule has 1 heterocycles. The molecule has 0 unspecified atom stereocenters. The molecule has 0 atom stereocenters. The summed E-state index contributed by atoms with van der Waals surface area (Å²) < 4.78 is 36.2. The molecular weight excluding hydrogens is 225 g/mol. The van der Waals surface area contributed by atoms with E-state index in [9.17, 15) is 18.0 Å². The van der Waals surface area contributed by atoms with Crippen LogP contribution in [0.3, 0.4) is 0 Å². The van der Waals surface area contributed by atoms with Crippen LogP contribution in [0.25, 0.3) is 0 Å². The number of hydrogen-bond donors (Lipinski definition) is 2. The fraction of sp³-hybridized carbons (Fsp3) is 0.375. The zero-order valence-electron chi connectivity index (χ0n) is 8.08. The summed E-state index contributed by atoms with van der Waals surface area (Å²) in [6, 6.07) is 0. The van der Waals surface area contributed by atoms with Crippen LogP contribution in [-0.4, -0.2) is 29.0 Å². The van der Waals surface area contributed by atoms with E-state index in [1.54, 1.807) is 0 Å². The zero-order valence-corrected chi connectivity index (χ0v) is 8.08. The van der Waals surface area contributed by atoms with E-state index in [0.717, 1.165) is 12.4 Å². The number of amides is 1. The predicted molar refractivity (Wildman–Crippen MR) is 48.4 cm³/mol. The Kier molecular flexibility index (Phi) is 3.78. The number of rotatable bonds is 3. The first-order chi connectivity index (χ1) is 7.45. The van der Waals surface area contributed by atoms with E-state index in [0.29, 0.717) is 0 Å². The molecular formula is C8H9F3N4O. The van der Waals surface area contributed by atoms with E-state index >= 15 is 0 Å². The van der Waals surface area contributed by atoms with Gasteiger partial charge in [-0.3, -0.25) is 4.79 Å². The lowest BCUT2D eigenvalue weighted by Gasteiger charge is -2.05. The normalized spacial score (nSPS) is 11.2. The summed E-state index contributed by atoms with van der Waals surface area (Å²) in [5.74, 6) is -1.83. The van der Waals surface area contributed by atoms with Crippen molar-refractivity contribution in [2.75, 3.05) is 13.1 Å². The third kappa shape index (κ3) is 3.16. The van der Waals surface area contributed by atoms with Gasteiger partial charge >= 0.3 is 6.18 Å². The summed E-state index contributed by atoms with van der Waals surface area (Å²) in [7, 11) is 0. The highest BCUT2D eigenvalue weighted by Crippen LogP contribution is 2.25. The Hall–Kier alpha value is -1.70. The van der Waals surface area contributed by atoms with Gasteiger partial charge in [-0.05, 0) is 0 Å². The lowest BCUT2D eigenvalue weighted by molar-refractivity contribution is -0.145. The van der Waals surface area contributed by atoms with Gasteiger partial charge in [0.2, 0.25) is 5.82 Å². The van der Waals surface area contributed by atoms with Crippen LogP contribution < -0.4 is 11.1 Å². The monoisotopic (exact) mass is 234 g/mol. The highest BCUT2D eigenvalue weighted by molar-refractivity contribution is 5.93. The Bertz CT molecular complexity index is 363. The molecule has 0 saturated carbocycles. The fourth-order valence-corrected chi connectivity index (χ4v) is 0.879. The van der Waals surface area contributed by atoms with Crippen molar-refractivity contribution in [3.05, 3.63) is 23.8 Å². The van der Waals surface area contributed by atoms with Crippen molar-refractivity contribution in [2.24, 2.45) is 5.73 Å². The largest absolute Gasteiger partial charge is 0.451 e. The Morgan fingerprint density at radius 2 is 1.94 bits per heavy atom. The van der Waals surface area contributed by atoms with Gasteiger partial charge in [-0.2, -0.15) is 13.2 Å². The van der Waals surface area contributed by atoms with Crippen molar-refractivity contribution < 1.29 is 18.0 Å². The molecule has 1 aromatic rings. The van der Waals surface area contributed by atoms with Gasteiger partial charge in [0.1, 0.15) is 0 Å². The summed E-state index contributed by atoms with van der Waals surface area (Å²) in [5, 5.41) is 2.38. The van der Waals surface area contributed by atoms with Crippen molar-refractivity contribution in [3.63, 3.8) is 0 Å². The van der Waals surface area contributed by atoms with Gasteiger partial charge in [0.25, 0.3) is 5.91 Å². The second kappa shape index (κ2) is 4.88. The van der Waals surface area contributed by atoms with Gasteiger partial charge in [0.05, 0.1) is 5.56 Å². The van der Waals surface area contributed by atoms with Crippen LogP contribution in [0.1, 0.15) is 16.2 Å². The first-order valence-corrected chi connectivity index (χ1v) is 4.32. The lowest BCUT2D eigenvalue weighted by atomic mass is 10.3. The highest BCUT2D eigenvalue weighted by Gasteiger charge is 2.34. The van der Waals surface area contributed by atoms with Gasteiger partial charge < -0.3 is 11.1 Å². The Morgan fingerprint density at radius 3 is 2.38 bits per heavy atom. The van der Waals surface area contributed by atoms with E-state index in [2.05, 4.69) is 15.3 Å². The molecule has 5 nitrogen and oxygen atoms in total. The standard InChI is InChI=1S/C8H9F3N4O/c9-8(10,11)7-14-3-5(4-15-7)6(16)13-2-1-12/h3-4H,1-2,12H2,(H,13,16). The van der Waals surface area contributed by atoms with Crippen molar-refractivity contribution in [3.8, 4) is 0 Å².